The number of carbonyl (C=O) groups excluding carboxylic acids is 1. The second-order valence-electron chi connectivity index (χ2n) is 5.94. The number of amides is 1. The molecule has 0 radical (unpaired) electrons. The van der Waals surface area contributed by atoms with Crippen molar-refractivity contribution in [2.45, 2.75) is 25.4 Å². The van der Waals surface area contributed by atoms with Crippen LogP contribution in [0, 0.1) is 11.8 Å². The van der Waals surface area contributed by atoms with Gasteiger partial charge in [0.25, 0.3) is 5.91 Å². The molecule has 2 fully saturated rings. The van der Waals surface area contributed by atoms with Crippen molar-refractivity contribution in [3.05, 3.63) is 20.3 Å². The number of thiophene rings is 1. The quantitative estimate of drug-likeness (QED) is 0.876. The molecule has 1 N–H and O–H groups in total. The van der Waals surface area contributed by atoms with E-state index in [0.717, 1.165) is 12.8 Å². The van der Waals surface area contributed by atoms with Crippen LogP contribution in [0.15, 0.2) is 6.07 Å². The van der Waals surface area contributed by atoms with Gasteiger partial charge in [-0.25, -0.2) is 0 Å². The van der Waals surface area contributed by atoms with Gasteiger partial charge < -0.3 is 14.7 Å². The Morgan fingerprint density at radius 1 is 1.26 bits per heavy atom. The van der Waals surface area contributed by atoms with E-state index in [1.807, 2.05) is 0 Å². The van der Waals surface area contributed by atoms with E-state index in [-0.39, 0.29) is 17.9 Å². The molecule has 1 aromatic rings. The third-order valence-electron chi connectivity index (χ3n) is 4.63. The van der Waals surface area contributed by atoms with Crippen molar-refractivity contribution < 1.29 is 19.4 Å². The number of halogens is 2. The summed E-state index contributed by atoms with van der Waals surface area (Å²) < 4.78 is 6.55. The number of carbonyl (C=O) groups is 2. The van der Waals surface area contributed by atoms with Crippen LogP contribution in [0.3, 0.4) is 0 Å². The molecule has 1 amide bonds. The highest BCUT2D eigenvalue weighted by molar-refractivity contribution is 7.20. The van der Waals surface area contributed by atoms with Crippen LogP contribution in [0.2, 0.25) is 8.67 Å². The molecule has 126 valence electrons. The van der Waals surface area contributed by atoms with E-state index < -0.39 is 11.9 Å². The monoisotopic (exact) mass is 377 g/mol. The first kappa shape index (κ1) is 17.0. The predicted octanol–water partition coefficient (Wildman–Crippen LogP) is 3.40. The zero-order valence-corrected chi connectivity index (χ0v) is 14.7. The lowest BCUT2D eigenvalue weighted by molar-refractivity contribution is -0.145. The highest BCUT2D eigenvalue weighted by atomic mass is 35.5. The van der Waals surface area contributed by atoms with E-state index in [2.05, 4.69) is 0 Å². The molecule has 3 heterocycles. The van der Waals surface area contributed by atoms with Crippen LogP contribution in [0.1, 0.15) is 29.6 Å². The lowest BCUT2D eigenvalue weighted by atomic mass is 9.84. The number of piperidine rings is 1. The van der Waals surface area contributed by atoms with Crippen LogP contribution in [0.4, 0.5) is 0 Å². The Labute approximate surface area is 148 Å². The largest absolute Gasteiger partial charge is 0.481 e. The lowest BCUT2D eigenvalue weighted by Crippen LogP contribution is -2.43. The van der Waals surface area contributed by atoms with Gasteiger partial charge in [-0.2, -0.15) is 0 Å². The first-order valence-electron chi connectivity index (χ1n) is 7.56. The van der Waals surface area contributed by atoms with Crippen molar-refractivity contribution >= 4 is 46.4 Å². The maximum Gasteiger partial charge on any atom is 0.309 e. The average molecular weight is 378 g/mol. The maximum atomic E-state index is 12.5. The normalized spacial score (nSPS) is 25.7. The molecule has 8 heteroatoms. The van der Waals surface area contributed by atoms with Crippen LogP contribution in [0.25, 0.3) is 0 Å². The van der Waals surface area contributed by atoms with Gasteiger partial charge in [-0.1, -0.05) is 23.2 Å². The topological polar surface area (TPSA) is 66.8 Å². The molecule has 2 aliphatic heterocycles. The Morgan fingerprint density at radius 3 is 2.52 bits per heavy atom. The highest BCUT2D eigenvalue weighted by Gasteiger charge is 2.41. The number of nitrogens with zero attached hydrogens (tertiary/aromatic N) is 1. The average Bonchev–Trinajstić information content (AvgIpc) is 3.13. The van der Waals surface area contributed by atoms with Gasteiger partial charge in [-0.3, -0.25) is 9.59 Å². The van der Waals surface area contributed by atoms with Gasteiger partial charge in [0.05, 0.1) is 21.9 Å². The predicted molar refractivity (Wildman–Crippen MR) is 88.4 cm³/mol. The molecule has 0 aromatic carbocycles. The molecule has 0 saturated carbocycles. The van der Waals surface area contributed by atoms with E-state index >= 15 is 0 Å². The van der Waals surface area contributed by atoms with Gasteiger partial charge in [0, 0.05) is 19.7 Å². The molecule has 2 saturated heterocycles. The van der Waals surface area contributed by atoms with Crippen molar-refractivity contribution in [2.24, 2.45) is 11.8 Å². The number of likely N-dealkylation sites (tertiary alicyclic amines) is 1. The molecule has 2 atom stereocenters. The molecule has 1 aromatic heterocycles. The SMILES string of the molecule is O=C(O)C1CCO[C@H]1C1CCN(C(=O)c2cc(Cl)sc2Cl)CC1. The third-order valence-corrected chi connectivity index (χ3v) is 6.12. The second kappa shape index (κ2) is 6.97. The summed E-state index contributed by atoms with van der Waals surface area (Å²) in [5.41, 5.74) is 0.445. The Hall–Kier alpha value is -0.820. The fourth-order valence-corrected chi connectivity index (χ4v) is 4.88. The summed E-state index contributed by atoms with van der Waals surface area (Å²) >= 11 is 13.1. The summed E-state index contributed by atoms with van der Waals surface area (Å²) in [7, 11) is 0. The summed E-state index contributed by atoms with van der Waals surface area (Å²) in [5.74, 6) is -1.14. The summed E-state index contributed by atoms with van der Waals surface area (Å²) in [6.07, 6.45) is 1.83. The van der Waals surface area contributed by atoms with Gasteiger partial charge in [0.2, 0.25) is 0 Å². The van der Waals surface area contributed by atoms with Gasteiger partial charge in [-0.15, -0.1) is 11.3 Å². The van der Waals surface area contributed by atoms with E-state index in [0.29, 0.717) is 40.4 Å². The van der Waals surface area contributed by atoms with Gasteiger partial charge in [-0.05, 0) is 31.2 Å². The van der Waals surface area contributed by atoms with Gasteiger partial charge in [0.1, 0.15) is 4.34 Å². The van der Waals surface area contributed by atoms with Crippen LogP contribution >= 0.6 is 34.5 Å². The lowest BCUT2D eigenvalue weighted by Gasteiger charge is -2.35. The molecule has 3 rings (SSSR count). The third kappa shape index (κ3) is 3.50. The minimum atomic E-state index is -0.786. The van der Waals surface area contributed by atoms with Crippen molar-refractivity contribution in [3.8, 4) is 0 Å². The maximum absolute atomic E-state index is 12.5. The zero-order valence-electron chi connectivity index (χ0n) is 12.3. The summed E-state index contributed by atoms with van der Waals surface area (Å²) in [6.45, 7) is 1.67. The number of ether oxygens (including phenoxy) is 1. The fraction of sp³-hybridized carbons (Fsp3) is 0.600. The molecular formula is C15H17Cl2NO4S. The van der Waals surface area contributed by atoms with Crippen molar-refractivity contribution in [1.82, 2.24) is 4.90 Å². The molecule has 5 nitrogen and oxygen atoms in total. The molecule has 0 aliphatic carbocycles. The van der Waals surface area contributed by atoms with Crippen LogP contribution in [-0.4, -0.2) is 47.7 Å². The minimum absolute atomic E-state index is 0.112. The molecular weight excluding hydrogens is 361 g/mol. The Kier molecular flexibility index (Phi) is 5.16. The Balaban J connectivity index is 1.61. The van der Waals surface area contributed by atoms with Crippen molar-refractivity contribution in [2.75, 3.05) is 19.7 Å². The first-order valence-corrected chi connectivity index (χ1v) is 9.13. The summed E-state index contributed by atoms with van der Waals surface area (Å²) in [6, 6.07) is 1.60. The number of rotatable bonds is 3. The number of hydrogen-bond acceptors (Lipinski definition) is 4. The standard InChI is InChI=1S/C15H17Cl2NO4S/c16-11-7-10(13(17)23-11)14(19)18-4-1-8(2-5-18)12-9(15(20)21)3-6-22-12/h7-9,12H,1-6H2,(H,20,21)/t9?,12-/m0/s1. The first-order chi connectivity index (χ1) is 11.0. The molecule has 1 unspecified atom stereocenters. The minimum Gasteiger partial charge on any atom is -0.481 e. The zero-order chi connectivity index (χ0) is 16.6. The van der Waals surface area contributed by atoms with Gasteiger partial charge in [0.15, 0.2) is 0 Å². The van der Waals surface area contributed by atoms with E-state index in [1.165, 1.54) is 11.3 Å². The molecule has 0 spiro atoms. The smallest absolute Gasteiger partial charge is 0.309 e. The molecule has 2 aliphatic rings. The number of aliphatic carboxylic acids is 1. The molecule has 23 heavy (non-hydrogen) atoms. The van der Waals surface area contributed by atoms with E-state index in [4.69, 9.17) is 27.9 Å². The van der Waals surface area contributed by atoms with Crippen molar-refractivity contribution in [3.63, 3.8) is 0 Å². The van der Waals surface area contributed by atoms with Crippen molar-refractivity contribution in [1.29, 1.82) is 0 Å². The highest BCUT2D eigenvalue weighted by Crippen LogP contribution is 2.35. The van der Waals surface area contributed by atoms with Crippen LogP contribution in [-0.2, 0) is 9.53 Å². The molecule has 0 bridgehead atoms. The second-order valence-corrected chi connectivity index (χ2v) is 8.22. The Morgan fingerprint density at radius 2 is 1.96 bits per heavy atom. The van der Waals surface area contributed by atoms with E-state index in [9.17, 15) is 14.7 Å². The number of carboxylic acids is 1. The summed E-state index contributed by atoms with van der Waals surface area (Å²) in [5, 5.41) is 9.27. The number of hydrogen-bond donors (Lipinski definition) is 1. The van der Waals surface area contributed by atoms with Gasteiger partial charge >= 0.3 is 5.97 Å². The van der Waals surface area contributed by atoms with Crippen LogP contribution in [0.5, 0.6) is 0 Å². The Bertz CT molecular complexity index is 613. The number of carboxylic acid groups (broad SMARTS) is 1. The van der Waals surface area contributed by atoms with Crippen LogP contribution < -0.4 is 0 Å². The van der Waals surface area contributed by atoms with E-state index in [1.54, 1.807) is 11.0 Å². The fourth-order valence-electron chi connectivity index (χ4n) is 3.43. The summed E-state index contributed by atoms with van der Waals surface area (Å²) in [4.78, 5) is 25.5.